The normalized spacial score (nSPS) is 12.1. The van der Waals surface area contributed by atoms with Gasteiger partial charge in [-0.1, -0.05) is 11.6 Å². The van der Waals surface area contributed by atoms with Crippen LogP contribution in [0.3, 0.4) is 0 Å². The smallest absolute Gasteiger partial charge is 0.245 e. The summed E-state index contributed by atoms with van der Waals surface area (Å²) in [7, 11) is -2.52. The summed E-state index contributed by atoms with van der Waals surface area (Å²) in [6.07, 6.45) is 0. The first-order chi connectivity index (χ1) is 7.39. The molecular weight excluding hydrogens is 255 g/mol. The summed E-state index contributed by atoms with van der Waals surface area (Å²) in [5.74, 6) is -0.826. The van der Waals surface area contributed by atoms with E-state index in [9.17, 15) is 12.8 Å². The molecular formula is C9H12ClFN2O2S. The molecule has 7 heteroatoms. The molecule has 16 heavy (non-hydrogen) atoms. The summed E-state index contributed by atoms with van der Waals surface area (Å²) in [4.78, 5) is -0.434. The number of sulfonamides is 1. The maximum atomic E-state index is 13.4. The molecule has 0 atom stereocenters. The minimum atomic E-state index is -3.86. The third-order valence-electron chi connectivity index (χ3n) is 2.03. The molecule has 90 valence electrons. The second-order valence-electron chi connectivity index (χ2n) is 3.19. The fourth-order valence-electron chi connectivity index (χ4n) is 1.14. The van der Waals surface area contributed by atoms with Crippen LogP contribution in [-0.4, -0.2) is 32.9 Å². The van der Waals surface area contributed by atoms with Crippen molar-refractivity contribution in [1.82, 2.24) is 4.31 Å². The number of halogens is 2. The standard InChI is InChI=1S/C9H12ClFN2O2S/c1-13(5-4-12)16(14,15)9-6-7(10)2-3-8(9)11/h2-3,6H,4-5,12H2,1H3. The van der Waals surface area contributed by atoms with Gasteiger partial charge in [-0.05, 0) is 18.2 Å². The highest BCUT2D eigenvalue weighted by Gasteiger charge is 2.24. The number of likely N-dealkylation sites (N-methyl/N-ethyl adjacent to an activating group) is 1. The number of nitrogens with two attached hydrogens (primary N) is 1. The Morgan fingerprint density at radius 3 is 2.69 bits per heavy atom. The van der Waals surface area contributed by atoms with E-state index in [1.165, 1.54) is 13.1 Å². The van der Waals surface area contributed by atoms with Gasteiger partial charge in [-0.25, -0.2) is 12.8 Å². The van der Waals surface area contributed by atoms with Gasteiger partial charge in [0.1, 0.15) is 10.7 Å². The third kappa shape index (κ3) is 2.70. The van der Waals surface area contributed by atoms with Gasteiger partial charge < -0.3 is 5.73 Å². The van der Waals surface area contributed by atoms with Crippen molar-refractivity contribution in [1.29, 1.82) is 0 Å². The van der Waals surface area contributed by atoms with E-state index in [0.29, 0.717) is 0 Å². The third-order valence-corrected chi connectivity index (χ3v) is 4.13. The van der Waals surface area contributed by atoms with Gasteiger partial charge in [0.25, 0.3) is 0 Å². The fraction of sp³-hybridized carbons (Fsp3) is 0.333. The van der Waals surface area contributed by atoms with E-state index in [1.54, 1.807) is 0 Å². The summed E-state index contributed by atoms with van der Waals surface area (Å²) >= 11 is 5.63. The molecule has 0 spiro atoms. The summed E-state index contributed by atoms with van der Waals surface area (Å²) in [6.45, 7) is 0.284. The molecule has 4 nitrogen and oxygen atoms in total. The zero-order valence-electron chi connectivity index (χ0n) is 8.65. The van der Waals surface area contributed by atoms with Gasteiger partial charge in [-0.3, -0.25) is 0 Å². The van der Waals surface area contributed by atoms with Crippen LogP contribution in [0.1, 0.15) is 0 Å². The Kier molecular flexibility index (Phi) is 4.26. The minimum Gasteiger partial charge on any atom is -0.329 e. The maximum Gasteiger partial charge on any atom is 0.245 e. The number of rotatable bonds is 4. The van der Waals surface area contributed by atoms with E-state index in [1.807, 2.05) is 0 Å². The molecule has 0 heterocycles. The topological polar surface area (TPSA) is 63.4 Å². The van der Waals surface area contributed by atoms with Crippen LogP contribution in [0.5, 0.6) is 0 Å². The molecule has 0 fully saturated rings. The highest BCUT2D eigenvalue weighted by Crippen LogP contribution is 2.21. The predicted octanol–water partition coefficient (Wildman–Crippen LogP) is 1.06. The van der Waals surface area contributed by atoms with E-state index >= 15 is 0 Å². The first-order valence-electron chi connectivity index (χ1n) is 4.51. The van der Waals surface area contributed by atoms with Crippen molar-refractivity contribution in [2.45, 2.75) is 4.90 Å². The van der Waals surface area contributed by atoms with Crippen LogP contribution < -0.4 is 5.73 Å². The maximum absolute atomic E-state index is 13.4. The van der Waals surface area contributed by atoms with Crippen LogP contribution in [-0.2, 0) is 10.0 Å². The van der Waals surface area contributed by atoms with Gasteiger partial charge in [-0.15, -0.1) is 0 Å². The molecule has 2 N–H and O–H groups in total. The molecule has 1 aromatic rings. The van der Waals surface area contributed by atoms with Gasteiger partial charge >= 0.3 is 0 Å². The molecule has 0 aromatic heterocycles. The molecule has 1 rings (SSSR count). The van der Waals surface area contributed by atoms with Crippen LogP contribution in [0.2, 0.25) is 5.02 Å². The highest BCUT2D eigenvalue weighted by atomic mass is 35.5. The molecule has 0 bridgehead atoms. The molecule has 0 aliphatic heterocycles. The molecule has 0 saturated heterocycles. The first-order valence-corrected chi connectivity index (χ1v) is 6.33. The monoisotopic (exact) mass is 266 g/mol. The molecule has 0 amide bonds. The Morgan fingerprint density at radius 2 is 2.12 bits per heavy atom. The SMILES string of the molecule is CN(CCN)S(=O)(=O)c1cc(Cl)ccc1F. The van der Waals surface area contributed by atoms with Crippen molar-refractivity contribution in [2.24, 2.45) is 5.73 Å². The van der Waals surface area contributed by atoms with Crippen molar-refractivity contribution in [2.75, 3.05) is 20.1 Å². The van der Waals surface area contributed by atoms with E-state index in [-0.39, 0.29) is 18.1 Å². The van der Waals surface area contributed by atoms with Crippen molar-refractivity contribution in [3.63, 3.8) is 0 Å². The van der Waals surface area contributed by atoms with Crippen molar-refractivity contribution >= 4 is 21.6 Å². The van der Waals surface area contributed by atoms with Crippen LogP contribution in [0.25, 0.3) is 0 Å². The zero-order chi connectivity index (χ0) is 12.3. The van der Waals surface area contributed by atoms with E-state index in [0.717, 1.165) is 16.4 Å². The minimum absolute atomic E-state index is 0.119. The summed E-state index contributed by atoms with van der Waals surface area (Å²) in [5, 5.41) is 0.168. The summed E-state index contributed by atoms with van der Waals surface area (Å²) < 4.78 is 38.1. The highest BCUT2D eigenvalue weighted by molar-refractivity contribution is 7.89. The van der Waals surface area contributed by atoms with Crippen LogP contribution in [0.15, 0.2) is 23.1 Å². The fourth-order valence-corrected chi connectivity index (χ4v) is 2.65. The number of hydrogen-bond donors (Lipinski definition) is 1. The molecule has 0 saturated carbocycles. The van der Waals surface area contributed by atoms with Crippen molar-refractivity contribution < 1.29 is 12.8 Å². The van der Waals surface area contributed by atoms with Crippen LogP contribution in [0, 0.1) is 5.82 Å². The quantitative estimate of drug-likeness (QED) is 0.886. The van der Waals surface area contributed by atoms with Gasteiger partial charge in [-0.2, -0.15) is 4.31 Å². The second-order valence-corrected chi connectivity index (χ2v) is 5.64. The molecule has 0 aliphatic rings. The lowest BCUT2D eigenvalue weighted by Crippen LogP contribution is -2.32. The zero-order valence-corrected chi connectivity index (χ0v) is 10.2. The predicted molar refractivity (Wildman–Crippen MR) is 60.3 cm³/mol. The average molecular weight is 267 g/mol. The van der Waals surface area contributed by atoms with Crippen molar-refractivity contribution in [3.05, 3.63) is 29.0 Å². The van der Waals surface area contributed by atoms with Crippen molar-refractivity contribution in [3.8, 4) is 0 Å². The lowest BCUT2D eigenvalue weighted by atomic mass is 10.3. The number of hydrogen-bond acceptors (Lipinski definition) is 3. The second kappa shape index (κ2) is 5.09. The molecule has 0 radical (unpaired) electrons. The van der Waals surface area contributed by atoms with E-state index in [2.05, 4.69) is 0 Å². The first kappa shape index (κ1) is 13.4. The lowest BCUT2D eigenvalue weighted by Gasteiger charge is -2.16. The summed E-state index contributed by atoms with van der Waals surface area (Å²) in [6, 6.07) is 3.39. The Bertz CT molecular complexity index is 478. The summed E-state index contributed by atoms with van der Waals surface area (Å²) in [5.41, 5.74) is 5.25. The van der Waals surface area contributed by atoms with Crippen LogP contribution >= 0.6 is 11.6 Å². The molecule has 0 aliphatic carbocycles. The van der Waals surface area contributed by atoms with Gasteiger partial charge in [0, 0.05) is 25.2 Å². The Hall–Kier alpha value is -0.690. The number of benzene rings is 1. The Balaban J connectivity index is 3.21. The van der Waals surface area contributed by atoms with E-state index in [4.69, 9.17) is 17.3 Å². The van der Waals surface area contributed by atoms with Gasteiger partial charge in [0.15, 0.2) is 0 Å². The van der Waals surface area contributed by atoms with Gasteiger partial charge in [0.2, 0.25) is 10.0 Å². The lowest BCUT2D eigenvalue weighted by molar-refractivity contribution is 0.469. The largest absolute Gasteiger partial charge is 0.329 e. The average Bonchev–Trinajstić information content (AvgIpc) is 2.22. The van der Waals surface area contributed by atoms with E-state index < -0.39 is 20.7 Å². The van der Waals surface area contributed by atoms with Crippen LogP contribution in [0.4, 0.5) is 4.39 Å². The van der Waals surface area contributed by atoms with Gasteiger partial charge in [0.05, 0.1) is 0 Å². The number of nitrogens with zero attached hydrogens (tertiary/aromatic N) is 1. The molecule has 1 aromatic carbocycles. The Morgan fingerprint density at radius 1 is 1.50 bits per heavy atom. The molecule has 0 unspecified atom stereocenters. The Labute approximate surface area is 98.9 Å².